The molecule has 0 aromatic carbocycles. The molecule has 2 aliphatic rings. The minimum absolute atomic E-state index is 0.109. The maximum atomic E-state index is 12.5. The molecule has 24 heavy (non-hydrogen) atoms. The molecule has 0 spiro atoms. The van der Waals surface area contributed by atoms with Crippen molar-refractivity contribution in [2.45, 2.75) is 18.8 Å². The molecule has 1 aliphatic heterocycles. The molecule has 1 saturated carbocycles. The van der Waals surface area contributed by atoms with Crippen molar-refractivity contribution in [1.82, 2.24) is 14.9 Å². The van der Waals surface area contributed by atoms with Gasteiger partial charge in [0.1, 0.15) is 11.5 Å². The van der Waals surface area contributed by atoms with Crippen molar-refractivity contribution in [2.75, 3.05) is 43.4 Å². The molecule has 126 valence electrons. The topological polar surface area (TPSA) is 64.3 Å². The highest BCUT2D eigenvalue weighted by Gasteiger charge is 2.28. The average Bonchev–Trinajstić information content (AvgIpc) is 3.33. The van der Waals surface area contributed by atoms with Crippen molar-refractivity contribution in [3.05, 3.63) is 41.9 Å². The van der Waals surface area contributed by atoms with Crippen molar-refractivity contribution in [2.24, 2.45) is 0 Å². The van der Waals surface area contributed by atoms with E-state index in [9.17, 15) is 4.79 Å². The van der Waals surface area contributed by atoms with E-state index in [0.29, 0.717) is 17.4 Å². The average molecular weight is 325 g/mol. The van der Waals surface area contributed by atoms with Crippen LogP contribution in [0.5, 0.6) is 0 Å². The number of carbonyl (C=O) groups is 1. The zero-order valence-corrected chi connectivity index (χ0v) is 14.0. The highest BCUT2D eigenvalue weighted by Crippen LogP contribution is 2.41. The van der Waals surface area contributed by atoms with Gasteiger partial charge in [0.05, 0.1) is 11.9 Å². The van der Waals surface area contributed by atoms with E-state index in [4.69, 9.17) is 0 Å². The minimum atomic E-state index is -0.109. The van der Waals surface area contributed by atoms with Crippen LogP contribution in [0.15, 0.2) is 30.6 Å². The lowest BCUT2D eigenvalue weighted by Gasteiger charge is -2.33. The van der Waals surface area contributed by atoms with Gasteiger partial charge >= 0.3 is 0 Å². The van der Waals surface area contributed by atoms with Gasteiger partial charge in [0, 0.05) is 32.4 Å². The normalized spacial score (nSPS) is 18.6. The summed E-state index contributed by atoms with van der Waals surface area (Å²) in [4.78, 5) is 24.6. The van der Waals surface area contributed by atoms with Gasteiger partial charge in [-0.05, 0) is 49.6 Å². The predicted octanol–water partition coefficient (Wildman–Crippen LogP) is 2.29. The van der Waals surface area contributed by atoms with Crippen molar-refractivity contribution < 1.29 is 4.79 Å². The fourth-order valence-electron chi connectivity index (χ4n) is 3.20. The molecular weight excluding hydrogens is 302 g/mol. The number of likely N-dealkylation sites (N-methyl/N-ethyl adjacent to an activating group) is 1. The second-order valence-electron chi connectivity index (χ2n) is 6.73. The molecule has 2 fully saturated rings. The molecule has 1 saturated heterocycles. The molecule has 4 rings (SSSR count). The third-order valence-corrected chi connectivity index (χ3v) is 4.88. The number of aromatic nitrogens is 2. The summed E-state index contributed by atoms with van der Waals surface area (Å²) in [6.45, 7) is 4.15. The number of hydrogen-bond acceptors (Lipinski definition) is 4. The van der Waals surface area contributed by atoms with Crippen LogP contribution in [0.2, 0.25) is 0 Å². The highest BCUT2D eigenvalue weighted by molar-refractivity contribution is 6.03. The third kappa shape index (κ3) is 3.14. The zero-order chi connectivity index (χ0) is 16.5. The van der Waals surface area contributed by atoms with Crippen LogP contribution in [0.3, 0.4) is 0 Å². The Bertz CT molecular complexity index is 711. The molecule has 0 radical (unpaired) electrons. The highest BCUT2D eigenvalue weighted by atomic mass is 16.1. The maximum absolute atomic E-state index is 12.5. The molecule has 2 N–H and O–H groups in total. The fourth-order valence-corrected chi connectivity index (χ4v) is 3.20. The molecule has 6 heteroatoms. The number of amides is 1. The van der Waals surface area contributed by atoms with Gasteiger partial charge in [-0.25, -0.2) is 4.98 Å². The van der Waals surface area contributed by atoms with Crippen molar-refractivity contribution in [1.29, 1.82) is 0 Å². The van der Waals surface area contributed by atoms with E-state index in [2.05, 4.69) is 32.1 Å². The lowest BCUT2D eigenvalue weighted by atomic mass is 10.1. The second kappa shape index (κ2) is 6.28. The van der Waals surface area contributed by atoms with E-state index in [0.717, 1.165) is 37.4 Å². The lowest BCUT2D eigenvalue weighted by Crippen LogP contribution is -2.44. The van der Waals surface area contributed by atoms with Gasteiger partial charge in [-0.3, -0.25) is 4.79 Å². The largest absolute Gasteiger partial charge is 0.368 e. The lowest BCUT2D eigenvalue weighted by molar-refractivity contribution is 0.102. The molecular formula is C18H23N5O. The molecule has 0 unspecified atom stereocenters. The number of piperazine rings is 1. The first kappa shape index (κ1) is 15.2. The standard InChI is InChI=1S/C18H23N5O/c1-22-8-10-23(11-9-22)14-4-5-16(20-12-14)21-18(24)17-15(6-7-19-17)13-2-3-13/h4-7,12-13,19H,2-3,8-11H2,1H3,(H,20,21,24). The summed E-state index contributed by atoms with van der Waals surface area (Å²) < 4.78 is 0. The Morgan fingerprint density at radius 1 is 1.21 bits per heavy atom. The molecule has 0 bridgehead atoms. The molecule has 2 aromatic rings. The summed E-state index contributed by atoms with van der Waals surface area (Å²) in [5, 5.41) is 2.90. The van der Waals surface area contributed by atoms with Crippen molar-refractivity contribution in [3.8, 4) is 0 Å². The molecule has 2 aromatic heterocycles. The van der Waals surface area contributed by atoms with Crippen LogP contribution < -0.4 is 10.2 Å². The molecule has 3 heterocycles. The number of nitrogens with zero attached hydrogens (tertiary/aromatic N) is 3. The smallest absolute Gasteiger partial charge is 0.273 e. The van der Waals surface area contributed by atoms with Gasteiger partial charge in [-0.2, -0.15) is 0 Å². The SMILES string of the molecule is CN1CCN(c2ccc(NC(=O)c3[nH]ccc3C3CC3)nc2)CC1. The summed E-state index contributed by atoms with van der Waals surface area (Å²) >= 11 is 0. The molecule has 0 atom stereocenters. The Morgan fingerprint density at radius 3 is 2.67 bits per heavy atom. The van der Waals surface area contributed by atoms with E-state index < -0.39 is 0 Å². The Morgan fingerprint density at radius 2 is 2.00 bits per heavy atom. The summed E-state index contributed by atoms with van der Waals surface area (Å²) in [7, 11) is 2.14. The second-order valence-corrected chi connectivity index (χ2v) is 6.73. The van der Waals surface area contributed by atoms with Gasteiger partial charge < -0.3 is 20.1 Å². The van der Waals surface area contributed by atoms with Crippen LogP contribution in [0.25, 0.3) is 0 Å². The van der Waals surface area contributed by atoms with Gasteiger partial charge in [0.2, 0.25) is 0 Å². The molecule has 6 nitrogen and oxygen atoms in total. The van der Waals surface area contributed by atoms with E-state index in [1.54, 1.807) is 0 Å². The Balaban J connectivity index is 1.41. The van der Waals surface area contributed by atoms with E-state index in [1.807, 2.05) is 30.6 Å². The number of H-pyrrole nitrogens is 1. The monoisotopic (exact) mass is 325 g/mol. The van der Waals surface area contributed by atoms with Crippen LogP contribution in [-0.4, -0.2) is 54.0 Å². The number of pyridine rings is 1. The van der Waals surface area contributed by atoms with Crippen LogP contribution in [-0.2, 0) is 0 Å². The minimum Gasteiger partial charge on any atom is -0.368 e. The first-order valence-electron chi connectivity index (χ1n) is 8.59. The fraction of sp³-hybridized carbons (Fsp3) is 0.444. The number of rotatable bonds is 4. The van der Waals surface area contributed by atoms with Crippen LogP contribution in [0.1, 0.15) is 34.8 Å². The maximum Gasteiger partial charge on any atom is 0.273 e. The van der Waals surface area contributed by atoms with Crippen molar-refractivity contribution >= 4 is 17.4 Å². The summed E-state index contributed by atoms with van der Waals surface area (Å²) in [5.41, 5.74) is 2.91. The van der Waals surface area contributed by atoms with E-state index >= 15 is 0 Å². The van der Waals surface area contributed by atoms with Crippen LogP contribution in [0.4, 0.5) is 11.5 Å². The summed E-state index contributed by atoms with van der Waals surface area (Å²) in [5.74, 6) is 1.03. The third-order valence-electron chi connectivity index (χ3n) is 4.88. The van der Waals surface area contributed by atoms with Crippen molar-refractivity contribution in [3.63, 3.8) is 0 Å². The number of aromatic amines is 1. The quantitative estimate of drug-likeness (QED) is 0.905. The van der Waals surface area contributed by atoms with E-state index in [-0.39, 0.29) is 5.91 Å². The van der Waals surface area contributed by atoms with Gasteiger partial charge in [0.25, 0.3) is 5.91 Å². The predicted molar refractivity (Wildman–Crippen MR) is 94.7 cm³/mol. The number of nitrogens with one attached hydrogen (secondary N) is 2. The Kier molecular flexibility index (Phi) is 3.98. The summed E-state index contributed by atoms with van der Waals surface area (Å²) in [6.07, 6.45) is 6.04. The summed E-state index contributed by atoms with van der Waals surface area (Å²) in [6, 6.07) is 5.92. The number of carbonyl (C=O) groups excluding carboxylic acids is 1. The zero-order valence-electron chi connectivity index (χ0n) is 14.0. The van der Waals surface area contributed by atoms with Gasteiger partial charge in [-0.1, -0.05) is 0 Å². The number of hydrogen-bond donors (Lipinski definition) is 2. The first-order valence-corrected chi connectivity index (χ1v) is 8.59. The molecule has 1 amide bonds. The van der Waals surface area contributed by atoms with Crippen LogP contribution in [0, 0.1) is 0 Å². The first-order chi connectivity index (χ1) is 11.7. The Hall–Kier alpha value is -2.34. The van der Waals surface area contributed by atoms with Gasteiger partial charge in [0.15, 0.2) is 0 Å². The van der Waals surface area contributed by atoms with E-state index in [1.165, 1.54) is 12.8 Å². The number of anilines is 2. The Labute approximate surface area is 141 Å². The van der Waals surface area contributed by atoms with Crippen LogP contribution >= 0.6 is 0 Å². The molecule has 1 aliphatic carbocycles. The van der Waals surface area contributed by atoms with Gasteiger partial charge in [-0.15, -0.1) is 0 Å².